The van der Waals surface area contributed by atoms with E-state index in [1.807, 2.05) is 18.2 Å². The summed E-state index contributed by atoms with van der Waals surface area (Å²) in [5.41, 5.74) is 8.16. The Labute approximate surface area is 170 Å². The van der Waals surface area contributed by atoms with Crippen LogP contribution in [-0.2, 0) is 0 Å². The van der Waals surface area contributed by atoms with Gasteiger partial charge in [-0.05, 0) is 48.7 Å². The van der Waals surface area contributed by atoms with Crippen LogP contribution in [-0.4, -0.2) is 33.9 Å². The fourth-order valence-electron chi connectivity index (χ4n) is 3.66. The van der Waals surface area contributed by atoms with E-state index < -0.39 is 0 Å². The summed E-state index contributed by atoms with van der Waals surface area (Å²) < 4.78 is 0. The summed E-state index contributed by atoms with van der Waals surface area (Å²) in [7, 11) is 0. The van der Waals surface area contributed by atoms with Gasteiger partial charge in [0.15, 0.2) is 0 Å². The van der Waals surface area contributed by atoms with Gasteiger partial charge in [0.1, 0.15) is 23.1 Å². The van der Waals surface area contributed by atoms with Gasteiger partial charge in [-0.15, -0.1) is 0 Å². The number of rotatable bonds is 4. The Morgan fingerprint density at radius 3 is 2.48 bits per heavy atom. The van der Waals surface area contributed by atoms with Gasteiger partial charge in [0, 0.05) is 24.8 Å². The predicted molar refractivity (Wildman–Crippen MR) is 114 cm³/mol. The highest BCUT2D eigenvalue weighted by molar-refractivity contribution is 6.11. The van der Waals surface area contributed by atoms with Crippen molar-refractivity contribution in [1.29, 1.82) is 0 Å². The molecule has 1 aliphatic heterocycles. The number of aromatic hydroxyl groups is 1. The number of ketones is 1. The monoisotopic (exact) mass is 388 g/mol. The highest BCUT2D eigenvalue weighted by Crippen LogP contribution is 2.26. The van der Waals surface area contributed by atoms with Gasteiger partial charge in [0.25, 0.3) is 0 Å². The van der Waals surface area contributed by atoms with Gasteiger partial charge in [-0.1, -0.05) is 31.0 Å². The molecule has 0 unspecified atom stereocenters. The summed E-state index contributed by atoms with van der Waals surface area (Å²) in [6.07, 6.45) is 6.35. The van der Waals surface area contributed by atoms with E-state index in [1.165, 1.54) is 12.8 Å². The molecule has 0 radical (unpaired) electrons. The zero-order chi connectivity index (χ0) is 20.2. The predicted octanol–water partition coefficient (Wildman–Crippen LogP) is 4.04. The van der Waals surface area contributed by atoms with Crippen molar-refractivity contribution in [3.05, 3.63) is 66.0 Å². The van der Waals surface area contributed by atoms with E-state index in [9.17, 15) is 9.90 Å². The minimum Gasteiger partial charge on any atom is -0.508 e. The third kappa shape index (κ3) is 4.21. The number of nitrogen functional groups attached to an aromatic ring is 1. The van der Waals surface area contributed by atoms with Crippen LogP contribution in [0.2, 0.25) is 0 Å². The molecule has 1 fully saturated rings. The van der Waals surface area contributed by atoms with Crippen molar-refractivity contribution in [3.63, 3.8) is 0 Å². The number of phenolic OH excluding ortho intramolecular Hbond substituents is 1. The Hall–Kier alpha value is -3.41. The number of nitrogens with zero attached hydrogens (tertiary/aromatic N) is 3. The van der Waals surface area contributed by atoms with Crippen LogP contribution in [0.1, 0.15) is 41.7 Å². The average molecular weight is 388 g/mol. The molecule has 29 heavy (non-hydrogen) atoms. The Kier molecular flexibility index (Phi) is 5.42. The summed E-state index contributed by atoms with van der Waals surface area (Å²) in [5.74, 6) is 0.891. The van der Waals surface area contributed by atoms with E-state index in [2.05, 4.69) is 14.9 Å². The van der Waals surface area contributed by atoms with Crippen molar-refractivity contribution in [2.45, 2.75) is 25.7 Å². The van der Waals surface area contributed by atoms with Gasteiger partial charge in [-0.2, -0.15) is 0 Å². The molecule has 3 aromatic rings. The maximum Gasteiger partial charge on any atom is 0.215 e. The topological polar surface area (TPSA) is 92.3 Å². The van der Waals surface area contributed by atoms with Crippen molar-refractivity contribution in [3.8, 4) is 16.9 Å². The summed E-state index contributed by atoms with van der Waals surface area (Å²) in [6, 6.07) is 14.0. The number of aromatic nitrogens is 2. The van der Waals surface area contributed by atoms with Gasteiger partial charge in [-0.25, -0.2) is 9.97 Å². The first-order chi connectivity index (χ1) is 14.1. The van der Waals surface area contributed by atoms with E-state index in [-0.39, 0.29) is 17.4 Å². The molecule has 6 heteroatoms. The number of carbonyl (C=O) groups is 1. The molecule has 3 heterocycles. The number of nitrogens with two attached hydrogens (primary N) is 1. The normalized spacial score (nSPS) is 14.4. The average Bonchev–Trinajstić information content (AvgIpc) is 3.03. The van der Waals surface area contributed by atoms with E-state index in [0.717, 1.165) is 37.3 Å². The summed E-state index contributed by atoms with van der Waals surface area (Å²) in [5, 5.41) is 9.73. The number of phenols is 1. The molecule has 6 nitrogen and oxygen atoms in total. The zero-order valence-corrected chi connectivity index (χ0v) is 16.2. The van der Waals surface area contributed by atoms with Crippen LogP contribution in [0, 0.1) is 0 Å². The number of hydrogen-bond donors (Lipinski definition) is 2. The van der Waals surface area contributed by atoms with E-state index in [0.29, 0.717) is 16.8 Å². The number of carbonyl (C=O) groups excluding carboxylic acids is 1. The van der Waals surface area contributed by atoms with Gasteiger partial charge in [0.2, 0.25) is 5.78 Å². The smallest absolute Gasteiger partial charge is 0.215 e. The van der Waals surface area contributed by atoms with Crippen LogP contribution in [0.25, 0.3) is 11.1 Å². The lowest BCUT2D eigenvalue weighted by Crippen LogP contribution is -2.25. The lowest BCUT2D eigenvalue weighted by molar-refractivity contribution is 0.103. The molecule has 3 N–H and O–H groups in total. The Bertz CT molecular complexity index is 1030. The van der Waals surface area contributed by atoms with Crippen molar-refractivity contribution < 1.29 is 9.90 Å². The highest BCUT2D eigenvalue weighted by atomic mass is 16.3. The minimum atomic E-state index is -0.256. The molecule has 148 valence electrons. The molecule has 0 aliphatic carbocycles. The number of anilines is 2. The molecule has 0 spiro atoms. The molecule has 0 atom stereocenters. The van der Waals surface area contributed by atoms with E-state index in [1.54, 1.807) is 36.5 Å². The Morgan fingerprint density at radius 2 is 1.72 bits per heavy atom. The maximum atomic E-state index is 13.2. The SMILES string of the molecule is Nc1ncc(-c2cccc(O)c2)cc1C(=O)c1cccc(N2CCCCCC2)n1. The summed E-state index contributed by atoms with van der Waals surface area (Å²) in [6.45, 7) is 1.92. The highest BCUT2D eigenvalue weighted by Gasteiger charge is 2.18. The zero-order valence-electron chi connectivity index (χ0n) is 16.2. The lowest BCUT2D eigenvalue weighted by atomic mass is 10.0. The third-order valence-electron chi connectivity index (χ3n) is 5.24. The lowest BCUT2D eigenvalue weighted by Gasteiger charge is -2.21. The van der Waals surface area contributed by atoms with Crippen LogP contribution in [0.3, 0.4) is 0 Å². The molecule has 4 rings (SSSR count). The summed E-state index contributed by atoms with van der Waals surface area (Å²) >= 11 is 0. The first-order valence-electron chi connectivity index (χ1n) is 9.93. The molecule has 0 amide bonds. The number of hydrogen-bond acceptors (Lipinski definition) is 6. The first-order valence-corrected chi connectivity index (χ1v) is 9.93. The second kappa shape index (κ2) is 8.31. The second-order valence-corrected chi connectivity index (χ2v) is 7.32. The first kappa shape index (κ1) is 18.9. The molecule has 0 saturated carbocycles. The van der Waals surface area contributed by atoms with Gasteiger partial charge in [-0.3, -0.25) is 4.79 Å². The van der Waals surface area contributed by atoms with Crippen molar-refractivity contribution in [2.75, 3.05) is 23.7 Å². The molecule has 0 bridgehead atoms. The minimum absolute atomic E-state index is 0.152. The van der Waals surface area contributed by atoms with Gasteiger partial charge < -0.3 is 15.7 Å². The van der Waals surface area contributed by atoms with Crippen LogP contribution in [0.15, 0.2) is 54.7 Å². The van der Waals surface area contributed by atoms with Crippen molar-refractivity contribution in [1.82, 2.24) is 9.97 Å². The van der Waals surface area contributed by atoms with E-state index in [4.69, 9.17) is 5.73 Å². The molecule has 2 aromatic heterocycles. The molecular weight excluding hydrogens is 364 g/mol. The molecule has 1 aliphatic rings. The van der Waals surface area contributed by atoms with E-state index >= 15 is 0 Å². The van der Waals surface area contributed by atoms with Crippen molar-refractivity contribution >= 4 is 17.4 Å². The van der Waals surface area contributed by atoms with Crippen LogP contribution >= 0.6 is 0 Å². The largest absolute Gasteiger partial charge is 0.508 e. The van der Waals surface area contributed by atoms with Gasteiger partial charge >= 0.3 is 0 Å². The van der Waals surface area contributed by atoms with Crippen LogP contribution < -0.4 is 10.6 Å². The van der Waals surface area contributed by atoms with Crippen molar-refractivity contribution in [2.24, 2.45) is 0 Å². The fraction of sp³-hybridized carbons (Fsp3) is 0.261. The van der Waals surface area contributed by atoms with Crippen LogP contribution in [0.4, 0.5) is 11.6 Å². The summed E-state index contributed by atoms with van der Waals surface area (Å²) in [4.78, 5) is 24.2. The van der Waals surface area contributed by atoms with Crippen LogP contribution in [0.5, 0.6) is 5.75 Å². The molecular formula is C23H24N4O2. The molecule has 1 saturated heterocycles. The quantitative estimate of drug-likeness (QED) is 0.655. The number of benzene rings is 1. The fourth-order valence-corrected chi connectivity index (χ4v) is 3.66. The Balaban J connectivity index is 1.66. The number of pyridine rings is 2. The Morgan fingerprint density at radius 1 is 0.966 bits per heavy atom. The second-order valence-electron chi connectivity index (χ2n) is 7.32. The third-order valence-corrected chi connectivity index (χ3v) is 5.24. The van der Waals surface area contributed by atoms with Gasteiger partial charge in [0.05, 0.1) is 5.56 Å². The maximum absolute atomic E-state index is 13.2. The molecule has 1 aromatic carbocycles. The standard InChI is InChI=1S/C23H24N4O2/c24-23-19(14-17(15-25-23)16-7-5-8-18(28)13-16)22(29)20-9-6-10-21(26-20)27-11-3-1-2-4-12-27/h5-10,13-15,28H,1-4,11-12H2,(H2,24,25).